The van der Waals surface area contributed by atoms with Crippen molar-refractivity contribution in [2.75, 3.05) is 0 Å². The van der Waals surface area contributed by atoms with E-state index in [9.17, 15) is 8.42 Å². The lowest BCUT2D eigenvalue weighted by Crippen LogP contribution is -2.03. The lowest BCUT2D eigenvalue weighted by molar-refractivity contribution is 0.595. The predicted octanol–water partition coefficient (Wildman–Crippen LogP) is 1.79. The first kappa shape index (κ1) is 9.98. The number of hydrogen-bond acceptors (Lipinski definition) is 2. The Bertz CT molecular complexity index is 515. The molecule has 0 spiro atoms. The van der Waals surface area contributed by atoms with E-state index < -0.39 is 9.84 Å². The molecule has 1 aromatic heterocycles. The van der Waals surface area contributed by atoms with Crippen molar-refractivity contribution in [3.05, 3.63) is 54.4 Å². The number of benzene rings is 1. The number of H-pyrrole nitrogens is 1. The molecular weight excluding hydrogens is 210 g/mol. The zero-order valence-corrected chi connectivity index (χ0v) is 8.79. The molecule has 15 heavy (non-hydrogen) atoms. The molecule has 1 radical (unpaired) electrons. The molecule has 0 fully saturated rings. The number of sulfone groups is 1. The van der Waals surface area contributed by atoms with Gasteiger partial charge < -0.3 is 4.98 Å². The summed E-state index contributed by atoms with van der Waals surface area (Å²) in [5.74, 6) is 0.0273. The Balaban J connectivity index is 2.27. The Morgan fingerprint density at radius 1 is 1.20 bits per heavy atom. The smallest absolute Gasteiger partial charge is 0.184 e. The first-order valence-electron chi connectivity index (χ1n) is 4.50. The highest BCUT2D eigenvalue weighted by atomic mass is 32.2. The van der Waals surface area contributed by atoms with Crippen LogP contribution in [0.1, 0.15) is 5.56 Å². The third-order valence-electron chi connectivity index (χ3n) is 2.07. The van der Waals surface area contributed by atoms with Gasteiger partial charge in [-0.15, -0.1) is 0 Å². The molecule has 0 aliphatic rings. The minimum Gasteiger partial charge on any atom is -0.359 e. The number of hydrogen-bond donors (Lipinski definition) is 1. The third-order valence-corrected chi connectivity index (χ3v) is 3.74. The number of rotatable bonds is 3. The molecule has 77 valence electrons. The number of nitrogens with one attached hydrogen (secondary N) is 1. The Hall–Kier alpha value is -1.55. The van der Waals surface area contributed by atoms with Gasteiger partial charge in [-0.2, -0.15) is 0 Å². The second-order valence-electron chi connectivity index (χ2n) is 3.22. The van der Waals surface area contributed by atoms with Gasteiger partial charge in [0.1, 0.15) is 0 Å². The van der Waals surface area contributed by atoms with Crippen LogP contribution in [0.5, 0.6) is 0 Å². The summed E-state index contributed by atoms with van der Waals surface area (Å²) in [4.78, 5) is 2.90. The molecule has 4 heteroatoms. The first-order chi connectivity index (χ1) is 7.18. The second kappa shape index (κ2) is 3.90. The minimum atomic E-state index is -3.23. The van der Waals surface area contributed by atoms with Crippen molar-refractivity contribution in [3.63, 3.8) is 0 Å². The van der Waals surface area contributed by atoms with Crippen LogP contribution in [0, 0.1) is 6.20 Å². The molecule has 0 saturated heterocycles. The normalized spacial score (nSPS) is 11.5. The molecule has 0 unspecified atom stereocenters. The highest BCUT2D eigenvalue weighted by Gasteiger charge is 2.15. The van der Waals surface area contributed by atoms with Crippen LogP contribution in [-0.2, 0) is 15.6 Å². The fourth-order valence-electron chi connectivity index (χ4n) is 1.32. The second-order valence-corrected chi connectivity index (χ2v) is 5.21. The highest BCUT2D eigenvalue weighted by Crippen LogP contribution is 2.14. The monoisotopic (exact) mass is 220 g/mol. The average molecular weight is 220 g/mol. The summed E-state index contributed by atoms with van der Waals surface area (Å²) in [5.41, 5.74) is 0.790. The molecular formula is C11H10NO2S. The van der Waals surface area contributed by atoms with Crippen molar-refractivity contribution >= 4 is 9.84 Å². The molecule has 0 bridgehead atoms. The van der Waals surface area contributed by atoms with Crippen molar-refractivity contribution < 1.29 is 8.42 Å². The summed E-state index contributed by atoms with van der Waals surface area (Å²) >= 11 is 0. The quantitative estimate of drug-likeness (QED) is 0.857. The fraction of sp³-hybridized carbons (Fsp3) is 0.0909. The topological polar surface area (TPSA) is 49.9 Å². The van der Waals surface area contributed by atoms with E-state index in [0.717, 1.165) is 5.56 Å². The molecule has 3 nitrogen and oxygen atoms in total. The zero-order valence-electron chi connectivity index (χ0n) is 7.97. The van der Waals surface area contributed by atoms with Crippen LogP contribution in [0.25, 0.3) is 0 Å². The zero-order chi connectivity index (χ0) is 10.7. The Morgan fingerprint density at radius 2 is 1.93 bits per heavy atom. The maximum absolute atomic E-state index is 11.8. The highest BCUT2D eigenvalue weighted by molar-refractivity contribution is 7.90. The van der Waals surface area contributed by atoms with Gasteiger partial charge in [0.05, 0.1) is 16.8 Å². The van der Waals surface area contributed by atoms with Crippen molar-refractivity contribution in [1.82, 2.24) is 4.98 Å². The molecule has 2 aromatic rings. The largest absolute Gasteiger partial charge is 0.359 e. The predicted molar refractivity (Wildman–Crippen MR) is 57.0 cm³/mol. The molecule has 2 rings (SSSR count). The Morgan fingerprint density at radius 3 is 2.53 bits per heavy atom. The van der Waals surface area contributed by atoms with Gasteiger partial charge in [0.25, 0.3) is 0 Å². The molecule has 0 aliphatic heterocycles. The Kier molecular flexibility index (Phi) is 2.60. The van der Waals surface area contributed by atoms with Crippen molar-refractivity contribution in [1.29, 1.82) is 0 Å². The summed E-state index contributed by atoms with van der Waals surface area (Å²) in [7, 11) is -3.23. The van der Waals surface area contributed by atoms with E-state index >= 15 is 0 Å². The van der Waals surface area contributed by atoms with Gasteiger partial charge in [0, 0.05) is 6.20 Å². The van der Waals surface area contributed by atoms with E-state index in [4.69, 9.17) is 0 Å². The van der Waals surface area contributed by atoms with Gasteiger partial charge in [0.2, 0.25) is 0 Å². The van der Waals surface area contributed by atoms with Crippen LogP contribution in [-0.4, -0.2) is 13.4 Å². The maximum atomic E-state index is 11.8. The van der Waals surface area contributed by atoms with Crippen molar-refractivity contribution in [2.45, 2.75) is 10.6 Å². The molecule has 1 aromatic carbocycles. The maximum Gasteiger partial charge on any atom is 0.184 e. The summed E-state index contributed by atoms with van der Waals surface area (Å²) in [6, 6.07) is 10.6. The first-order valence-corrected chi connectivity index (χ1v) is 6.15. The standard InChI is InChI=1S/C11H10NO2S/c13-15(14,11-6-7-12-8-11)9-10-4-2-1-3-5-10/h1-6,8,12H,9H2. The van der Waals surface area contributed by atoms with Gasteiger partial charge in [-0.25, -0.2) is 8.42 Å². The number of aromatic amines is 1. The molecule has 1 N–H and O–H groups in total. The van der Waals surface area contributed by atoms with Crippen LogP contribution >= 0.6 is 0 Å². The van der Waals surface area contributed by atoms with Crippen molar-refractivity contribution in [2.24, 2.45) is 0 Å². The van der Waals surface area contributed by atoms with E-state index in [1.165, 1.54) is 12.3 Å². The Labute approximate surface area is 88.7 Å². The molecule has 1 heterocycles. The summed E-state index contributed by atoms with van der Waals surface area (Å²) in [6.45, 7) is 0. The summed E-state index contributed by atoms with van der Waals surface area (Å²) in [5, 5.41) is 0. The van der Waals surface area contributed by atoms with Crippen LogP contribution in [0.4, 0.5) is 0 Å². The average Bonchev–Trinajstić information content (AvgIpc) is 2.71. The molecule has 0 amide bonds. The SMILES string of the molecule is O=S(=O)(Cc1ccccc1)c1c[c][nH]c1. The van der Waals surface area contributed by atoms with Gasteiger partial charge in [0.15, 0.2) is 9.84 Å². The van der Waals surface area contributed by atoms with Crippen LogP contribution in [0.3, 0.4) is 0 Å². The van der Waals surface area contributed by atoms with E-state index in [1.54, 1.807) is 12.1 Å². The van der Waals surface area contributed by atoms with E-state index in [2.05, 4.69) is 11.2 Å². The lowest BCUT2D eigenvalue weighted by atomic mass is 10.2. The van der Waals surface area contributed by atoms with Crippen molar-refractivity contribution in [3.8, 4) is 0 Å². The fourth-order valence-corrected chi connectivity index (χ4v) is 2.60. The van der Waals surface area contributed by atoms with Crippen LogP contribution in [0.2, 0.25) is 0 Å². The summed E-state index contributed by atoms with van der Waals surface area (Å²) < 4.78 is 23.6. The molecule has 0 saturated carbocycles. The van der Waals surface area contributed by atoms with Crippen LogP contribution in [0.15, 0.2) is 47.5 Å². The van der Waals surface area contributed by atoms with E-state index in [0.29, 0.717) is 0 Å². The molecule has 0 aliphatic carbocycles. The lowest BCUT2D eigenvalue weighted by Gasteiger charge is -2.01. The summed E-state index contributed by atoms with van der Waals surface area (Å²) in [6.07, 6.45) is 4.06. The molecule has 0 atom stereocenters. The van der Waals surface area contributed by atoms with E-state index in [-0.39, 0.29) is 10.6 Å². The van der Waals surface area contributed by atoms with E-state index in [1.807, 2.05) is 18.2 Å². The van der Waals surface area contributed by atoms with Gasteiger partial charge in [-0.05, 0) is 11.6 Å². The van der Waals surface area contributed by atoms with Gasteiger partial charge in [-0.1, -0.05) is 30.3 Å². The minimum absolute atomic E-state index is 0.0273. The third kappa shape index (κ3) is 2.27. The van der Waals surface area contributed by atoms with Gasteiger partial charge >= 0.3 is 0 Å². The van der Waals surface area contributed by atoms with Gasteiger partial charge in [-0.3, -0.25) is 0 Å². The number of aromatic nitrogens is 1. The van der Waals surface area contributed by atoms with Crippen LogP contribution < -0.4 is 0 Å².